The Morgan fingerprint density at radius 2 is 2.12 bits per heavy atom. The second-order valence-electron chi connectivity index (χ2n) is 8.46. The summed E-state index contributed by atoms with van der Waals surface area (Å²) in [6.45, 7) is 4.01. The fourth-order valence-corrected chi connectivity index (χ4v) is 4.12. The fourth-order valence-electron chi connectivity index (χ4n) is 4.12. The summed E-state index contributed by atoms with van der Waals surface area (Å²) in [5.41, 5.74) is 1.84. The van der Waals surface area contributed by atoms with Crippen LogP contribution in [0.2, 0.25) is 0 Å². The fraction of sp³-hybridized carbons (Fsp3) is 0.565. The van der Waals surface area contributed by atoms with Crippen molar-refractivity contribution in [1.29, 1.82) is 0 Å². The molecule has 2 aromatic rings. The minimum absolute atomic E-state index is 0.0403. The van der Waals surface area contributed by atoms with E-state index in [1.54, 1.807) is 18.3 Å². The minimum Gasteiger partial charge on any atom is -0.490 e. The van der Waals surface area contributed by atoms with E-state index in [0.29, 0.717) is 49.9 Å². The van der Waals surface area contributed by atoms with Crippen molar-refractivity contribution in [2.45, 2.75) is 44.6 Å². The van der Waals surface area contributed by atoms with Gasteiger partial charge in [-0.3, -0.25) is 9.78 Å². The smallest absolute Gasteiger partial charge is 0.239 e. The van der Waals surface area contributed by atoms with Crippen LogP contribution in [0, 0.1) is 0 Å². The van der Waals surface area contributed by atoms with Gasteiger partial charge in [-0.2, -0.15) is 0 Å². The summed E-state index contributed by atoms with van der Waals surface area (Å²) in [5.74, 6) is 1.86. The van der Waals surface area contributed by atoms with E-state index in [9.17, 15) is 9.90 Å². The highest BCUT2D eigenvalue weighted by atomic mass is 16.5. The molecule has 1 saturated heterocycles. The number of nitrogens with zero attached hydrogens (tertiary/aromatic N) is 4. The molecule has 1 aliphatic carbocycles. The molecule has 0 unspecified atom stereocenters. The van der Waals surface area contributed by atoms with Gasteiger partial charge in [-0.05, 0) is 32.3 Å². The maximum atomic E-state index is 12.1. The van der Waals surface area contributed by atoms with Crippen LogP contribution in [-0.4, -0.2) is 71.5 Å². The van der Waals surface area contributed by atoms with Gasteiger partial charge in [0.15, 0.2) is 5.82 Å². The van der Waals surface area contributed by atoms with Gasteiger partial charge in [-0.1, -0.05) is 0 Å². The number of carbonyl (C=O) groups excluding carboxylic acids is 1. The highest BCUT2D eigenvalue weighted by Gasteiger charge is 2.31. The summed E-state index contributed by atoms with van der Waals surface area (Å²) in [6, 6.07) is 3.56. The monoisotopic (exact) mass is 441 g/mol. The van der Waals surface area contributed by atoms with Crippen LogP contribution >= 0.6 is 0 Å². The number of likely N-dealkylation sites (N-methyl/N-ethyl adjacent to an activating group) is 2. The number of rotatable bonds is 8. The van der Waals surface area contributed by atoms with Crippen molar-refractivity contribution < 1.29 is 19.4 Å². The van der Waals surface area contributed by atoms with Crippen LogP contribution in [0.5, 0.6) is 5.75 Å². The van der Waals surface area contributed by atoms with E-state index in [0.717, 1.165) is 36.3 Å². The summed E-state index contributed by atoms with van der Waals surface area (Å²) in [4.78, 5) is 28.0. The second-order valence-corrected chi connectivity index (χ2v) is 8.46. The van der Waals surface area contributed by atoms with E-state index in [4.69, 9.17) is 19.4 Å². The molecule has 2 aromatic heterocycles. The van der Waals surface area contributed by atoms with Crippen molar-refractivity contribution in [3.8, 4) is 17.3 Å². The second kappa shape index (κ2) is 9.79. The molecule has 0 spiro atoms. The first-order chi connectivity index (χ1) is 15.5. The molecule has 1 aliphatic heterocycles. The largest absolute Gasteiger partial charge is 0.490 e. The predicted molar refractivity (Wildman–Crippen MR) is 120 cm³/mol. The Labute approximate surface area is 188 Å². The number of pyridine rings is 1. The number of aromatic nitrogens is 3. The number of carbonyl (C=O) groups is 1. The molecule has 2 N–H and O–H groups in total. The van der Waals surface area contributed by atoms with Gasteiger partial charge >= 0.3 is 0 Å². The molecule has 3 heterocycles. The first kappa shape index (κ1) is 22.4. The Morgan fingerprint density at radius 1 is 1.31 bits per heavy atom. The molecule has 0 aromatic carbocycles. The molecule has 2 aliphatic rings. The summed E-state index contributed by atoms with van der Waals surface area (Å²) < 4.78 is 11.2. The number of hydrogen-bond acceptors (Lipinski definition) is 8. The number of amides is 1. The zero-order valence-corrected chi connectivity index (χ0v) is 18.8. The van der Waals surface area contributed by atoms with Crippen molar-refractivity contribution in [1.82, 2.24) is 20.3 Å². The topological polar surface area (TPSA) is 110 Å². The van der Waals surface area contributed by atoms with E-state index in [1.165, 1.54) is 0 Å². The molecule has 0 saturated carbocycles. The number of hydrogen-bond donors (Lipinski definition) is 2. The van der Waals surface area contributed by atoms with E-state index >= 15 is 0 Å². The molecule has 32 heavy (non-hydrogen) atoms. The standard InChI is InChI=1S/C23H31N5O4/c1-3-24-20(29)14-28(2)22-17-5-4-6-18(17)26-21(27-22)19-13-16(7-10-25-19)32-15-23(30)8-11-31-12-9-23/h7,10,13,30H,3-6,8-9,11-12,14-15H2,1-2H3,(H,24,29). The SMILES string of the molecule is CCNC(=O)CN(C)c1nc(-c2cc(OCC3(O)CCOCC3)ccn2)nc2c1CCC2. The molecule has 172 valence electrons. The van der Waals surface area contributed by atoms with Crippen LogP contribution in [0.1, 0.15) is 37.4 Å². The summed E-state index contributed by atoms with van der Waals surface area (Å²) in [6.07, 6.45) is 5.59. The highest BCUT2D eigenvalue weighted by molar-refractivity contribution is 5.81. The van der Waals surface area contributed by atoms with Crippen molar-refractivity contribution >= 4 is 11.7 Å². The average molecular weight is 442 g/mol. The van der Waals surface area contributed by atoms with Gasteiger partial charge in [0.2, 0.25) is 5.91 Å². The molecular weight excluding hydrogens is 410 g/mol. The Kier molecular flexibility index (Phi) is 6.86. The van der Waals surface area contributed by atoms with Crippen LogP contribution in [-0.2, 0) is 22.4 Å². The molecule has 9 heteroatoms. The highest BCUT2D eigenvalue weighted by Crippen LogP contribution is 2.31. The Morgan fingerprint density at radius 3 is 2.91 bits per heavy atom. The normalized spacial score (nSPS) is 17.0. The summed E-state index contributed by atoms with van der Waals surface area (Å²) in [5, 5.41) is 13.5. The van der Waals surface area contributed by atoms with E-state index in [2.05, 4.69) is 10.3 Å². The predicted octanol–water partition coefficient (Wildman–Crippen LogP) is 1.52. The lowest BCUT2D eigenvalue weighted by molar-refractivity contribution is -0.119. The molecule has 1 amide bonds. The van der Waals surface area contributed by atoms with Crippen molar-refractivity contribution in [2.24, 2.45) is 0 Å². The van der Waals surface area contributed by atoms with Gasteiger partial charge in [0, 0.05) is 63.2 Å². The quantitative estimate of drug-likeness (QED) is 0.635. The van der Waals surface area contributed by atoms with Gasteiger partial charge in [-0.15, -0.1) is 0 Å². The molecule has 1 fully saturated rings. The van der Waals surface area contributed by atoms with Crippen LogP contribution in [0.25, 0.3) is 11.5 Å². The molecule has 0 radical (unpaired) electrons. The lowest BCUT2D eigenvalue weighted by Gasteiger charge is -2.31. The van der Waals surface area contributed by atoms with Crippen LogP contribution in [0.15, 0.2) is 18.3 Å². The summed E-state index contributed by atoms with van der Waals surface area (Å²) in [7, 11) is 1.88. The minimum atomic E-state index is -0.874. The van der Waals surface area contributed by atoms with Crippen LogP contribution in [0.3, 0.4) is 0 Å². The maximum absolute atomic E-state index is 12.1. The zero-order chi connectivity index (χ0) is 22.6. The van der Waals surface area contributed by atoms with Gasteiger partial charge < -0.3 is 24.8 Å². The van der Waals surface area contributed by atoms with Crippen LogP contribution < -0.4 is 15.0 Å². The van der Waals surface area contributed by atoms with Gasteiger partial charge in [-0.25, -0.2) is 9.97 Å². The first-order valence-electron chi connectivity index (χ1n) is 11.2. The number of aryl methyl sites for hydroxylation is 1. The van der Waals surface area contributed by atoms with Gasteiger partial charge in [0.25, 0.3) is 0 Å². The Balaban J connectivity index is 1.55. The number of fused-ring (bicyclic) bond motifs is 1. The third-order valence-electron chi connectivity index (χ3n) is 5.92. The lowest BCUT2D eigenvalue weighted by atomic mass is 9.96. The van der Waals surface area contributed by atoms with Crippen molar-refractivity contribution in [2.75, 3.05) is 44.9 Å². The van der Waals surface area contributed by atoms with E-state index in [1.807, 2.05) is 18.9 Å². The van der Waals surface area contributed by atoms with Gasteiger partial charge in [0.1, 0.15) is 29.5 Å². The average Bonchev–Trinajstić information content (AvgIpc) is 3.27. The Bertz CT molecular complexity index is 961. The van der Waals surface area contributed by atoms with E-state index < -0.39 is 5.60 Å². The van der Waals surface area contributed by atoms with Crippen molar-refractivity contribution in [3.63, 3.8) is 0 Å². The number of aliphatic hydroxyl groups is 1. The zero-order valence-electron chi connectivity index (χ0n) is 18.8. The van der Waals surface area contributed by atoms with Crippen molar-refractivity contribution in [3.05, 3.63) is 29.6 Å². The molecule has 0 bridgehead atoms. The Hall–Kier alpha value is -2.78. The number of nitrogens with one attached hydrogen (secondary N) is 1. The number of ether oxygens (including phenoxy) is 2. The first-order valence-corrected chi connectivity index (χ1v) is 11.2. The third-order valence-corrected chi connectivity index (χ3v) is 5.92. The van der Waals surface area contributed by atoms with Gasteiger partial charge in [0.05, 0.1) is 6.54 Å². The number of anilines is 1. The molecule has 4 rings (SSSR count). The molecular formula is C23H31N5O4. The third kappa shape index (κ3) is 5.16. The van der Waals surface area contributed by atoms with Crippen LogP contribution in [0.4, 0.5) is 5.82 Å². The van der Waals surface area contributed by atoms with E-state index in [-0.39, 0.29) is 19.1 Å². The molecule has 9 nitrogen and oxygen atoms in total. The maximum Gasteiger partial charge on any atom is 0.239 e. The molecule has 0 atom stereocenters. The summed E-state index contributed by atoms with van der Waals surface area (Å²) >= 11 is 0. The lowest BCUT2D eigenvalue weighted by Crippen LogP contribution is -2.41.